The number of hydrogen-bond acceptors (Lipinski definition) is 4. The van der Waals surface area contributed by atoms with E-state index in [2.05, 4.69) is 5.32 Å². The molecule has 1 N–H and O–H groups in total. The summed E-state index contributed by atoms with van der Waals surface area (Å²) in [6, 6.07) is 12.8. The number of nitrogens with one attached hydrogen (secondary N) is 1. The topological polar surface area (TPSA) is 56.8 Å². The molecule has 0 unspecified atom stereocenters. The van der Waals surface area contributed by atoms with Crippen LogP contribution in [0.2, 0.25) is 0 Å². The quantitative estimate of drug-likeness (QED) is 0.855. The summed E-state index contributed by atoms with van der Waals surface area (Å²) in [5.41, 5.74) is 1.59. The Morgan fingerprint density at radius 1 is 1.12 bits per heavy atom. The molecule has 5 nitrogen and oxygen atoms in total. The van der Waals surface area contributed by atoms with Gasteiger partial charge in [0, 0.05) is 11.8 Å². The summed E-state index contributed by atoms with van der Waals surface area (Å²) < 4.78 is 16.4. The lowest BCUT2D eigenvalue weighted by molar-refractivity contribution is -0.111. The number of anilines is 1. The largest absolute Gasteiger partial charge is 0.494 e. The smallest absolute Gasteiger partial charge is 0.248 e. The molecule has 1 aliphatic heterocycles. The summed E-state index contributed by atoms with van der Waals surface area (Å²) >= 11 is 0. The molecule has 24 heavy (non-hydrogen) atoms. The van der Waals surface area contributed by atoms with E-state index in [1.54, 1.807) is 18.2 Å². The van der Waals surface area contributed by atoms with Crippen molar-refractivity contribution in [2.24, 2.45) is 0 Å². The second kappa shape index (κ2) is 7.55. The number of carbonyl (C=O) groups is 1. The second-order valence-electron chi connectivity index (χ2n) is 5.18. The SMILES string of the molecule is CCOc1ccc(NC(=O)/C=C/c2ccc3c(c2)OCCO3)cc1. The first-order chi connectivity index (χ1) is 11.7. The van der Waals surface area contributed by atoms with Crippen molar-refractivity contribution in [2.45, 2.75) is 6.92 Å². The summed E-state index contributed by atoms with van der Waals surface area (Å²) in [5.74, 6) is 2.02. The Morgan fingerprint density at radius 3 is 2.62 bits per heavy atom. The molecule has 5 heteroatoms. The number of carbonyl (C=O) groups excluding carboxylic acids is 1. The van der Waals surface area contributed by atoms with Crippen molar-refractivity contribution >= 4 is 17.7 Å². The summed E-state index contributed by atoms with van der Waals surface area (Å²) in [4.78, 5) is 12.0. The van der Waals surface area contributed by atoms with Gasteiger partial charge in [-0.3, -0.25) is 4.79 Å². The zero-order valence-electron chi connectivity index (χ0n) is 13.5. The maximum Gasteiger partial charge on any atom is 0.248 e. The van der Waals surface area contributed by atoms with Crippen molar-refractivity contribution in [1.82, 2.24) is 0 Å². The number of fused-ring (bicyclic) bond motifs is 1. The van der Waals surface area contributed by atoms with Crippen molar-refractivity contribution in [3.8, 4) is 17.2 Å². The van der Waals surface area contributed by atoms with Gasteiger partial charge < -0.3 is 19.5 Å². The first kappa shape index (κ1) is 15.9. The van der Waals surface area contributed by atoms with Crippen molar-refractivity contribution < 1.29 is 19.0 Å². The van der Waals surface area contributed by atoms with Crippen LogP contribution in [0.5, 0.6) is 17.2 Å². The molecule has 0 aromatic heterocycles. The van der Waals surface area contributed by atoms with Crippen LogP contribution in [0.1, 0.15) is 12.5 Å². The molecule has 0 atom stereocenters. The van der Waals surface area contributed by atoms with E-state index in [4.69, 9.17) is 14.2 Å². The molecule has 2 aromatic carbocycles. The average molecular weight is 325 g/mol. The molecule has 0 saturated carbocycles. The number of benzene rings is 2. The van der Waals surface area contributed by atoms with Gasteiger partial charge in [-0.15, -0.1) is 0 Å². The Morgan fingerprint density at radius 2 is 1.88 bits per heavy atom. The van der Waals surface area contributed by atoms with Crippen LogP contribution in [0.3, 0.4) is 0 Å². The molecule has 1 heterocycles. The summed E-state index contributed by atoms with van der Waals surface area (Å²) in [6.45, 7) is 3.65. The van der Waals surface area contributed by atoms with Crippen LogP contribution in [0.25, 0.3) is 6.08 Å². The molecule has 3 rings (SSSR count). The summed E-state index contributed by atoms with van der Waals surface area (Å²) in [6.07, 6.45) is 3.23. The molecular formula is C19H19NO4. The van der Waals surface area contributed by atoms with Crippen LogP contribution >= 0.6 is 0 Å². The zero-order chi connectivity index (χ0) is 16.8. The van der Waals surface area contributed by atoms with Crippen LogP contribution < -0.4 is 19.5 Å². The van der Waals surface area contributed by atoms with Gasteiger partial charge >= 0.3 is 0 Å². The fourth-order valence-corrected chi connectivity index (χ4v) is 2.32. The molecule has 0 bridgehead atoms. The van der Waals surface area contributed by atoms with Gasteiger partial charge in [0.15, 0.2) is 11.5 Å². The third kappa shape index (κ3) is 4.07. The fraction of sp³-hybridized carbons (Fsp3) is 0.211. The van der Waals surface area contributed by atoms with E-state index >= 15 is 0 Å². The van der Waals surface area contributed by atoms with Gasteiger partial charge in [-0.1, -0.05) is 6.07 Å². The van der Waals surface area contributed by atoms with Crippen LogP contribution in [0.4, 0.5) is 5.69 Å². The highest BCUT2D eigenvalue weighted by molar-refractivity contribution is 6.01. The lowest BCUT2D eigenvalue weighted by Gasteiger charge is -2.18. The summed E-state index contributed by atoms with van der Waals surface area (Å²) in [5, 5.41) is 2.81. The Hall–Kier alpha value is -2.95. The zero-order valence-corrected chi connectivity index (χ0v) is 13.5. The normalized spacial score (nSPS) is 12.9. The maximum atomic E-state index is 12.0. The predicted octanol–water partition coefficient (Wildman–Crippen LogP) is 3.51. The van der Waals surface area contributed by atoms with E-state index in [1.165, 1.54) is 6.08 Å². The van der Waals surface area contributed by atoms with Crippen LogP contribution in [-0.2, 0) is 4.79 Å². The number of rotatable bonds is 5. The number of hydrogen-bond donors (Lipinski definition) is 1. The Labute approximate surface area is 140 Å². The van der Waals surface area contributed by atoms with Gasteiger partial charge in [0.1, 0.15) is 19.0 Å². The molecule has 0 spiro atoms. The highest BCUT2D eigenvalue weighted by atomic mass is 16.6. The van der Waals surface area contributed by atoms with E-state index in [9.17, 15) is 4.79 Å². The Kier molecular flexibility index (Phi) is 5.01. The van der Waals surface area contributed by atoms with Gasteiger partial charge in [-0.2, -0.15) is 0 Å². The van der Waals surface area contributed by atoms with E-state index in [0.29, 0.717) is 25.6 Å². The van der Waals surface area contributed by atoms with Gasteiger partial charge in [0.05, 0.1) is 6.61 Å². The minimum atomic E-state index is -0.200. The van der Waals surface area contributed by atoms with Crippen molar-refractivity contribution in [1.29, 1.82) is 0 Å². The van der Waals surface area contributed by atoms with Crippen molar-refractivity contribution in [2.75, 3.05) is 25.1 Å². The average Bonchev–Trinajstić information content (AvgIpc) is 2.62. The number of amides is 1. The monoisotopic (exact) mass is 325 g/mol. The maximum absolute atomic E-state index is 12.0. The molecule has 1 aliphatic rings. The van der Waals surface area contributed by atoms with Gasteiger partial charge in [-0.25, -0.2) is 0 Å². The van der Waals surface area contributed by atoms with Crippen molar-refractivity contribution in [3.63, 3.8) is 0 Å². The van der Waals surface area contributed by atoms with Crippen LogP contribution in [0, 0.1) is 0 Å². The highest BCUT2D eigenvalue weighted by Gasteiger charge is 2.10. The minimum absolute atomic E-state index is 0.200. The van der Waals surface area contributed by atoms with Crippen molar-refractivity contribution in [3.05, 3.63) is 54.1 Å². The first-order valence-corrected chi connectivity index (χ1v) is 7.86. The molecule has 124 valence electrons. The molecule has 0 radical (unpaired) electrons. The summed E-state index contributed by atoms with van der Waals surface area (Å²) in [7, 11) is 0. The molecular weight excluding hydrogens is 306 g/mol. The minimum Gasteiger partial charge on any atom is -0.494 e. The molecule has 0 saturated heterocycles. The molecule has 2 aromatic rings. The third-order valence-corrected chi connectivity index (χ3v) is 3.43. The molecule has 1 amide bonds. The van der Waals surface area contributed by atoms with Crippen LogP contribution in [-0.4, -0.2) is 25.7 Å². The number of ether oxygens (including phenoxy) is 3. The van der Waals surface area contributed by atoms with Gasteiger partial charge in [0.25, 0.3) is 0 Å². The van der Waals surface area contributed by atoms with E-state index in [-0.39, 0.29) is 5.91 Å². The third-order valence-electron chi connectivity index (χ3n) is 3.43. The Balaban J connectivity index is 1.60. The lowest BCUT2D eigenvalue weighted by Crippen LogP contribution is -2.15. The molecule has 0 aliphatic carbocycles. The first-order valence-electron chi connectivity index (χ1n) is 7.86. The second-order valence-corrected chi connectivity index (χ2v) is 5.18. The van der Waals surface area contributed by atoms with E-state index < -0.39 is 0 Å². The molecule has 0 fully saturated rings. The van der Waals surface area contributed by atoms with Crippen LogP contribution in [0.15, 0.2) is 48.5 Å². The lowest BCUT2D eigenvalue weighted by atomic mass is 10.2. The Bertz CT molecular complexity index is 738. The highest BCUT2D eigenvalue weighted by Crippen LogP contribution is 2.31. The van der Waals surface area contributed by atoms with Gasteiger partial charge in [-0.05, 0) is 55.0 Å². The van der Waals surface area contributed by atoms with E-state index in [0.717, 1.165) is 22.7 Å². The van der Waals surface area contributed by atoms with E-state index in [1.807, 2.05) is 37.3 Å². The standard InChI is InChI=1S/C19H19NO4/c1-2-22-16-7-5-15(6-8-16)20-19(21)10-4-14-3-9-17-18(13-14)24-12-11-23-17/h3-10,13H,2,11-12H2,1H3,(H,20,21)/b10-4+. The van der Waals surface area contributed by atoms with Gasteiger partial charge in [0.2, 0.25) is 5.91 Å². The predicted molar refractivity (Wildman–Crippen MR) is 92.7 cm³/mol. The fourth-order valence-electron chi connectivity index (χ4n) is 2.32.